The number of carbonyl (C=O) groups is 1. The number of methoxy groups -OCH3 is 1. The van der Waals surface area contributed by atoms with Gasteiger partial charge in [-0.25, -0.2) is 18.1 Å². The lowest BCUT2D eigenvalue weighted by atomic mass is 10.3. The van der Waals surface area contributed by atoms with Crippen LogP contribution >= 0.6 is 11.3 Å². The third kappa shape index (κ3) is 4.23. The molecule has 8 nitrogen and oxygen atoms in total. The van der Waals surface area contributed by atoms with Gasteiger partial charge in [-0.1, -0.05) is 0 Å². The standard InChI is InChI=1S/C12H13N3O5S2/c1-20-10-4-5-13-9(15-10)7-14-22(18,19)12-3-2-8(21-12)6-11(16)17/h2-5,14H,6-7H2,1H3,(H,16,17). The van der Waals surface area contributed by atoms with E-state index in [1.807, 2.05) is 0 Å². The van der Waals surface area contributed by atoms with Gasteiger partial charge in [-0.05, 0) is 12.1 Å². The second-order valence-electron chi connectivity index (χ2n) is 4.13. The highest BCUT2D eigenvalue weighted by Gasteiger charge is 2.18. The van der Waals surface area contributed by atoms with E-state index >= 15 is 0 Å². The molecule has 0 unspecified atom stereocenters. The Hall–Kier alpha value is -2.04. The van der Waals surface area contributed by atoms with E-state index in [1.165, 1.54) is 25.4 Å². The zero-order valence-electron chi connectivity index (χ0n) is 11.5. The summed E-state index contributed by atoms with van der Waals surface area (Å²) in [7, 11) is -2.29. The third-order valence-corrected chi connectivity index (χ3v) is 5.51. The van der Waals surface area contributed by atoms with E-state index in [2.05, 4.69) is 14.7 Å². The predicted molar refractivity (Wildman–Crippen MR) is 78.3 cm³/mol. The molecule has 2 aromatic heterocycles. The number of hydrogen-bond donors (Lipinski definition) is 2. The number of rotatable bonds is 7. The number of aromatic nitrogens is 2. The number of hydrogen-bond acceptors (Lipinski definition) is 7. The summed E-state index contributed by atoms with van der Waals surface area (Å²) in [6.45, 7) is -0.0916. The molecule has 0 aliphatic heterocycles. The van der Waals surface area contributed by atoms with Crippen molar-refractivity contribution in [3.8, 4) is 5.88 Å². The molecule has 118 valence electrons. The van der Waals surface area contributed by atoms with Gasteiger partial charge in [0.15, 0.2) is 0 Å². The first kappa shape index (κ1) is 16.3. The molecule has 0 bridgehead atoms. The highest BCUT2D eigenvalue weighted by Crippen LogP contribution is 2.22. The van der Waals surface area contributed by atoms with Crippen molar-refractivity contribution >= 4 is 27.3 Å². The van der Waals surface area contributed by atoms with E-state index in [0.717, 1.165) is 11.3 Å². The molecule has 10 heteroatoms. The monoisotopic (exact) mass is 343 g/mol. The molecule has 0 radical (unpaired) electrons. The van der Waals surface area contributed by atoms with Crippen molar-refractivity contribution in [2.24, 2.45) is 0 Å². The average molecular weight is 343 g/mol. The largest absolute Gasteiger partial charge is 0.481 e. The van der Waals surface area contributed by atoms with Crippen molar-refractivity contribution in [1.29, 1.82) is 0 Å². The lowest BCUT2D eigenvalue weighted by molar-refractivity contribution is -0.136. The Morgan fingerprint density at radius 3 is 2.86 bits per heavy atom. The van der Waals surface area contributed by atoms with Crippen molar-refractivity contribution in [3.05, 3.63) is 35.1 Å². The molecule has 2 heterocycles. The topological polar surface area (TPSA) is 118 Å². The lowest BCUT2D eigenvalue weighted by Gasteiger charge is -2.05. The molecule has 0 saturated carbocycles. The number of sulfonamides is 1. The number of carboxylic acid groups (broad SMARTS) is 1. The molecule has 0 atom stereocenters. The smallest absolute Gasteiger partial charge is 0.308 e. The van der Waals surface area contributed by atoms with Gasteiger partial charge in [0.1, 0.15) is 10.0 Å². The molecule has 0 aliphatic rings. The fraction of sp³-hybridized carbons (Fsp3) is 0.250. The summed E-state index contributed by atoms with van der Waals surface area (Å²) in [5.41, 5.74) is 0. The SMILES string of the molecule is COc1ccnc(CNS(=O)(=O)c2ccc(CC(=O)O)s2)n1. The Morgan fingerprint density at radius 1 is 1.41 bits per heavy atom. The van der Waals surface area contributed by atoms with E-state index in [1.54, 1.807) is 6.07 Å². The molecule has 0 aliphatic carbocycles. The summed E-state index contributed by atoms with van der Waals surface area (Å²) in [6.07, 6.45) is 1.25. The molecule has 0 spiro atoms. The van der Waals surface area contributed by atoms with E-state index in [0.29, 0.717) is 10.8 Å². The van der Waals surface area contributed by atoms with Gasteiger partial charge in [-0.2, -0.15) is 4.98 Å². The van der Waals surface area contributed by atoms with Crippen molar-refractivity contribution in [3.63, 3.8) is 0 Å². The zero-order chi connectivity index (χ0) is 16.2. The van der Waals surface area contributed by atoms with Crippen LogP contribution in [0.15, 0.2) is 28.6 Å². The van der Waals surface area contributed by atoms with Crippen LogP contribution in [0.5, 0.6) is 5.88 Å². The van der Waals surface area contributed by atoms with Gasteiger partial charge in [-0.3, -0.25) is 4.79 Å². The highest BCUT2D eigenvalue weighted by atomic mass is 32.2. The van der Waals surface area contributed by atoms with E-state index in [9.17, 15) is 13.2 Å². The Bertz CT molecular complexity index is 773. The van der Waals surface area contributed by atoms with Crippen LogP contribution in [0.2, 0.25) is 0 Å². The first-order valence-electron chi connectivity index (χ1n) is 6.07. The summed E-state index contributed by atoms with van der Waals surface area (Å²) in [6, 6.07) is 4.41. The Labute approximate surface area is 130 Å². The maximum absolute atomic E-state index is 12.1. The van der Waals surface area contributed by atoms with Crippen LogP contribution in [-0.2, 0) is 27.8 Å². The maximum Gasteiger partial charge on any atom is 0.308 e. The Kier molecular flexibility index (Phi) is 5.06. The second kappa shape index (κ2) is 6.81. The fourth-order valence-electron chi connectivity index (χ4n) is 1.56. The lowest BCUT2D eigenvalue weighted by Crippen LogP contribution is -2.23. The fourth-order valence-corrected chi connectivity index (χ4v) is 3.93. The molecule has 0 aromatic carbocycles. The average Bonchev–Trinajstić information content (AvgIpc) is 2.94. The number of ether oxygens (including phenoxy) is 1. The minimum atomic E-state index is -3.74. The van der Waals surface area contributed by atoms with Gasteiger partial charge in [-0.15, -0.1) is 11.3 Å². The van der Waals surface area contributed by atoms with E-state index < -0.39 is 16.0 Å². The number of carboxylic acids is 1. The van der Waals surface area contributed by atoms with Gasteiger partial charge in [0.25, 0.3) is 0 Å². The molecular formula is C12H13N3O5S2. The maximum atomic E-state index is 12.1. The highest BCUT2D eigenvalue weighted by molar-refractivity contribution is 7.91. The van der Waals surface area contributed by atoms with Crippen LogP contribution in [0.1, 0.15) is 10.7 Å². The first-order valence-corrected chi connectivity index (χ1v) is 8.37. The van der Waals surface area contributed by atoms with Gasteiger partial charge < -0.3 is 9.84 Å². The molecule has 2 aromatic rings. The number of nitrogens with one attached hydrogen (secondary N) is 1. The van der Waals surface area contributed by atoms with Crippen molar-refractivity contribution in [2.45, 2.75) is 17.2 Å². The van der Waals surface area contributed by atoms with Crippen LogP contribution < -0.4 is 9.46 Å². The molecule has 2 N–H and O–H groups in total. The number of nitrogens with zero attached hydrogens (tertiary/aromatic N) is 2. The predicted octanol–water partition coefficient (Wildman–Crippen LogP) is 0.652. The minimum Gasteiger partial charge on any atom is -0.481 e. The quantitative estimate of drug-likeness (QED) is 0.757. The van der Waals surface area contributed by atoms with E-state index in [4.69, 9.17) is 9.84 Å². The first-order chi connectivity index (χ1) is 10.4. The summed E-state index contributed by atoms with van der Waals surface area (Å²) < 4.78 is 31.6. The van der Waals surface area contributed by atoms with Crippen LogP contribution in [0.4, 0.5) is 0 Å². The molecule has 2 rings (SSSR count). The Balaban J connectivity index is 2.07. The van der Waals surface area contributed by atoms with Gasteiger partial charge >= 0.3 is 5.97 Å². The summed E-state index contributed by atoms with van der Waals surface area (Å²) in [4.78, 5) is 19.0. The molecular weight excluding hydrogens is 330 g/mol. The molecule has 0 saturated heterocycles. The van der Waals surface area contributed by atoms with Gasteiger partial charge in [0, 0.05) is 17.1 Å². The number of thiophene rings is 1. The van der Waals surface area contributed by atoms with E-state index in [-0.39, 0.29) is 23.0 Å². The van der Waals surface area contributed by atoms with Crippen molar-refractivity contribution in [1.82, 2.24) is 14.7 Å². The van der Waals surface area contributed by atoms with Gasteiger partial charge in [0.2, 0.25) is 15.9 Å². The van der Waals surface area contributed by atoms with Crippen LogP contribution in [0, 0.1) is 0 Å². The van der Waals surface area contributed by atoms with Crippen molar-refractivity contribution < 1.29 is 23.1 Å². The van der Waals surface area contributed by atoms with Crippen LogP contribution in [-0.4, -0.2) is 36.6 Å². The second-order valence-corrected chi connectivity index (χ2v) is 7.29. The van der Waals surface area contributed by atoms with Gasteiger partial charge in [0.05, 0.1) is 20.1 Å². The van der Waals surface area contributed by atoms with Crippen LogP contribution in [0.3, 0.4) is 0 Å². The summed E-state index contributed by atoms with van der Waals surface area (Å²) >= 11 is 0.914. The molecule has 22 heavy (non-hydrogen) atoms. The van der Waals surface area contributed by atoms with Crippen LogP contribution in [0.25, 0.3) is 0 Å². The summed E-state index contributed by atoms with van der Waals surface area (Å²) in [5, 5.41) is 8.69. The molecule has 0 amide bonds. The normalized spacial score (nSPS) is 11.3. The third-order valence-electron chi connectivity index (χ3n) is 2.54. The minimum absolute atomic E-state index is 0.0478. The Morgan fingerprint density at radius 2 is 2.18 bits per heavy atom. The van der Waals surface area contributed by atoms with Crippen molar-refractivity contribution in [2.75, 3.05) is 7.11 Å². The molecule has 0 fully saturated rings. The summed E-state index contributed by atoms with van der Waals surface area (Å²) in [5.74, 6) is -0.405. The zero-order valence-corrected chi connectivity index (χ0v) is 13.1. The number of aliphatic carboxylic acids is 1.